The molecule has 4 heteroatoms. The Hall–Kier alpha value is -1.55. The van der Waals surface area contributed by atoms with E-state index in [-0.39, 0.29) is 12.1 Å². The zero-order valence-corrected chi connectivity index (χ0v) is 13.1. The molecule has 2 aromatic rings. The van der Waals surface area contributed by atoms with E-state index in [9.17, 15) is 0 Å². The van der Waals surface area contributed by atoms with Gasteiger partial charge in [-0.05, 0) is 38.8 Å². The maximum atomic E-state index is 6.06. The van der Waals surface area contributed by atoms with Gasteiger partial charge < -0.3 is 15.0 Å². The predicted octanol–water partition coefficient (Wildman–Crippen LogP) is 3.50. The third-order valence-electron chi connectivity index (χ3n) is 3.08. The molecule has 1 aromatic heterocycles. The lowest BCUT2D eigenvalue weighted by Crippen LogP contribution is -2.15. The quantitative estimate of drug-likeness (QED) is 0.908. The van der Waals surface area contributed by atoms with E-state index in [1.54, 1.807) is 0 Å². The molecule has 0 spiro atoms. The van der Waals surface area contributed by atoms with Crippen LogP contribution in [0.5, 0.6) is 5.75 Å². The molecular weight excluding hydrogens is 250 g/mol. The molecule has 20 heavy (non-hydrogen) atoms. The van der Waals surface area contributed by atoms with Crippen molar-refractivity contribution in [2.24, 2.45) is 11.7 Å². The van der Waals surface area contributed by atoms with Gasteiger partial charge in [0.2, 0.25) is 0 Å². The summed E-state index contributed by atoms with van der Waals surface area (Å²) in [6, 6.07) is 6.01. The van der Waals surface area contributed by atoms with Gasteiger partial charge in [0.25, 0.3) is 0 Å². The first-order valence-electron chi connectivity index (χ1n) is 7.31. The highest BCUT2D eigenvalue weighted by atomic mass is 16.5. The van der Waals surface area contributed by atoms with Gasteiger partial charge in [-0.25, -0.2) is 4.98 Å². The number of ether oxygens (including phenoxy) is 1. The molecule has 0 fully saturated rings. The number of hydrogen-bond donors (Lipinski definition) is 1. The van der Waals surface area contributed by atoms with E-state index < -0.39 is 0 Å². The van der Waals surface area contributed by atoms with Crippen LogP contribution in [0.15, 0.2) is 18.2 Å². The molecule has 2 N–H and O–H groups in total. The normalized spacial score (nSPS) is 13.4. The maximum Gasteiger partial charge on any atom is 0.126 e. The average Bonchev–Trinajstić information content (AvgIpc) is 2.66. The lowest BCUT2D eigenvalue weighted by Gasteiger charge is -2.14. The van der Waals surface area contributed by atoms with Crippen molar-refractivity contribution >= 4 is 11.0 Å². The van der Waals surface area contributed by atoms with E-state index in [4.69, 9.17) is 15.5 Å². The number of rotatable bonds is 5. The van der Waals surface area contributed by atoms with Crippen molar-refractivity contribution < 1.29 is 4.74 Å². The van der Waals surface area contributed by atoms with Crippen molar-refractivity contribution in [3.05, 3.63) is 24.0 Å². The molecule has 4 nitrogen and oxygen atoms in total. The smallest absolute Gasteiger partial charge is 0.126 e. The Labute approximate surface area is 120 Å². The lowest BCUT2D eigenvalue weighted by molar-refractivity contribution is 0.242. The van der Waals surface area contributed by atoms with E-state index in [0.717, 1.165) is 29.2 Å². The molecule has 0 radical (unpaired) electrons. The van der Waals surface area contributed by atoms with Crippen LogP contribution in [0.3, 0.4) is 0 Å². The van der Waals surface area contributed by atoms with Crippen LogP contribution in [-0.2, 0) is 6.54 Å². The number of benzene rings is 1. The highest BCUT2D eigenvalue weighted by Gasteiger charge is 2.15. The van der Waals surface area contributed by atoms with Crippen molar-refractivity contribution in [2.75, 3.05) is 0 Å². The summed E-state index contributed by atoms with van der Waals surface area (Å²) in [6.45, 7) is 11.4. The molecule has 0 saturated heterocycles. The largest absolute Gasteiger partial charge is 0.491 e. The van der Waals surface area contributed by atoms with E-state index in [2.05, 4.69) is 24.5 Å². The zero-order valence-electron chi connectivity index (χ0n) is 13.1. The minimum absolute atomic E-state index is 0.0735. The van der Waals surface area contributed by atoms with Crippen molar-refractivity contribution in [3.8, 4) is 5.75 Å². The predicted molar refractivity (Wildman–Crippen MR) is 82.9 cm³/mol. The van der Waals surface area contributed by atoms with Gasteiger partial charge in [0.15, 0.2) is 0 Å². The van der Waals surface area contributed by atoms with Crippen LogP contribution in [0.1, 0.15) is 46.5 Å². The second-order valence-corrected chi connectivity index (χ2v) is 6.08. The van der Waals surface area contributed by atoms with E-state index in [0.29, 0.717) is 5.92 Å². The highest BCUT2D eigenvalue weighted by Crippen LogP contribution is 2.25. The summed E-state index contributed by atoms with van der Waals surface area (Å²) in [6.07, 6.45) is 0.165. The molecule has 1 heterocycles. The van der Waals surface area contributed by atoms with Crippen molar-refractivity contribution in [1.29, 1.82) is 0 Å². The summed E-state index contributed by atoms with van der Waals surface area (Å²) in [4.78, 5) is 4.69. The third-order valence-corrected chi connectivity index (χ3v) is 3.08. The SMILES string of the molecule is CC(C)Cn1c(C(C)N)nc2cc(OC(C)C)ccc21. The number of imidazole rings is 1. The fraction of sp³-hybridized carbons (Fsp3) is 0.562. The highest BCUT2D eigenvalue weighted by molar-refractivity contribution is 5.78. The van der Waals surface area contributed by atoms with Crippen LogP contribution in [-0.4, -0.2) is 15.7 Å². The second-order valence-electron chi connectivity index (χ2n) is 6.08. The van der Waals surface area contributed by atoms with Crippen molar-refractivity contribution in [2.45, 2.75) is 53.3 Å². The molecule has 2 rings (SSSR count). The summed E-state index contributed by atoms with van der Waals surface area (Å²) < 4.78 is 7.96. The first-order chi connectivity index (χ1) is 9.38. The van der Waals surface area contributed by atoms with Gasteiger partial charge in [0, 0.05) is 12.6 Å². The van der Waals surface area contributed by atoms with Crippen LogP contribution >= 0.6 is 0 Å². The summed E-state index contributed by atoms with van der Waals surface area (Å²) in [5.41, 5.74) is 8.14. The van der Waals surface area contributed by atoms with Gasteiger partial charge in [-0.15, -0.1) is 0 Å². The van der Waals surface area contributed by atoms with Gasteiger partial charge >= 0.3 is 0 Å². The molecule has 0 saturated carbocycles. The minimum Gasteiger partial charge on any atom is -0.491 e. The monoisotopic (exact) mass is 275 g/mol. The summed E-state index contributed by atoms with van der Waals surface area (Å²) in [5, 5.41) is 0. The van der Waals surface area contributed by atoms with Gasteiger partial charge in [-0.3, -0.25) is 0 Å². The van der Waals surface area contributed by atoms with Gasteiger partial charge in [-0.2, -0.15) is 0 Å². The Morgan fingerprint density at radius 3 is 2.45 bits per heavy atom. The zero-order chi connectivity index (χ0) is 14.9. The molecular formula is C16H25N3O. The minimum atomic E-state index is -0.0735. The lowest BCUT2D eigenvalue weighted by atomic mass is 10.2. The maximum absolute atomic E-state index is 6.06. The summed E-state index contributed by atoms with van der Waals surface area (Å²) in [7, 11) is 0. The number of nitrogens with two attached hydrogens (primary N) is 1. The van der Waals surface area contributed by atoms with E-state index in [1.165, 1.54) is 0 Å². The van der Waals surface area contributed by atoms with Crippen LogP contribution in [0.2, 0.25) is 0 Å². The standard InChI is InChI=1S/C16H25N3O/c1-10(2)9-19-15-7-6-13(20-11(3)4)8-14(15)18-16(19)12(5)17/h6-8,10-12H,9,17H2,1-5H3. The molecule has 0 amide bonds. The number of nitrogens with zero attached hydrogens (tertiary/aromatic N) is 2. The van der Waals surface area contributed by atoms with Crippen LogP contribution in [0, 0.1) is 5.92 Å². The van der Waals surface area contributed by atoms with Crippen LogP contribution < -0.4 is 10.5 Å². The number of hydrogen-bond acceptors (Lipinski definition) is 3. The van der Waals surface area contributed by atoms with Gasteiger partial charge in [-0.1, -0.05) is 13.8 Å². The van der Waals surface area contributed by atoms with Crippen molar-refractivity contribution in [1.82, 2.24) is 9.55 Å². The molecule has 1 unspecified atom stereocenters. The molecule has 0 aliphatic heterocycles. The molecule has 1 atom stereocenters. The summed E-state index contributed by atoms with van der Waals surface area (Å²) in [5.74, 6) is 2.35. The third kappa shape index (κ3) is 3.12. The number of aromatic nitrogens is 2. The van der Waals surface area contributed by atoms with Gasteiger partial charge in [0.05, 0.1) is 23.2 Å². The molecule has 1 aromatic carbocycles. The second kappa shape index (κ2) is 5.83. The first kappa shape index (κ1) is 14.9. The fourth-order valence-electron chi connectivity index (χ4n) is 2.38. The fourth-order valence-corrected chi connectivity index (χ4v) is 2.38. The van der Waals surface area contributed by atoms with E-state index >= 15 is 0 Å². The summed E-state index contributed by atoms with van der Waals surface area (Å²) >= 11 is 0. The molecule has 110 valence electrons. The topological polar surface area (TPSA) is 53.1 Å². The first-order valence-corrected chi connectivity index (χ1v) is 7.31. The molecule has 0 aliphatic carbocycles. The molecule has 0 aliphatic rings. The van der Waals surface area contributed by atoms with Crippen LogP contribution in [0.25, 0.3) is 11.0 Å². The van der Waals surface area contributed by atoms with E-state index in [1.807, 2.05) is 32.9 Å². The Morgan fingerprint density at radius 2 is 1.90 bits per heavy atom. The van der Waals surface area contributed by atoms with Crippen LogP contribution in [0.4, 0.5) is 0 Å². The molecule has 0 bridgehead atoms. The Morgan fingerprint density at radius 1 is 1.20 bits per heavy atom. The van der Waals surface area contributed by atoms with Crippen molar-refractivity contribution in [3.63, 3.8) is 0 Å². The Kier molecular flexibility index (Phi) is 4.33. The Bertz CT molecular complexity index is 585. The average molecular weight is 275 g/mol. The number of fused-ring (bicyclic) bond motifs is 1. The Balaban J connectivity index is 2.49. The van der Waals surface area contributed by atoms with Gasteiger partial charge in [0.1, 0.15) is 11.6 Å².